The highest BCUT2D eigenvalue weighted by molar-refractivity contribution is 7.89. The maximum atomic E-state index is 11.4. The zero-order valence-corrected chi connectivity index (χ0v) is 10.1. The Labute approximate surface area is 92.1 Å². The van der Waals surface area contributed by atoms with Crippen LogP contribution in [-0.4, -0.2) is 31.9 Å². The van der Waals surface area contributed by atoms with Crippen LogP contribution in [0.4, 0.5) is 0 Å². The summed E-state index contributed by atoms with van der Waals surface area (Å²) < 4.78 is 25.5. The van der Waals surface area contributed by atoms with E-state index >= 15 is 0 Å². The fraction of sp³-hybridized carbons (Fsp3) is 1.00. The van der Waals surface area contributed by atoms with Crippen LogP contribution in [0.2, 0.25) is 0 Å². The topological polar surface area (TPSA) is 66.4 Å². The SMILES string of the molecule is CC1CCCC(NS(=O)(=O)CCO)CC1. The van der Waals surface area contributed by atoms with Gasteiger partial charge in [0.2, 0.25) is 10.0 Å². The fourth-order valence-electron chi connectivity index (χ4n) is 2.04. The monoisotopic (exact) mass is 235 g/mol. The number of rotatable bonds is 4. The normalized spacial score (nSPS) is 28.7. The molecule has 2 N–H and O–H groups in total. The molecule has 5 heteroatoms. The van der Waals surface area contributed by atoms with Crippen molar-refractivity contribution in [1.82, 2.24) is 4.72 Å². The van der Waals surface area contributed by atoms with Gasteiger partial charge in [0.15, 0.2) is 0 Å². The first kappa shape index (κ1) is 12.9. The molecule has 1 aliphatic carbocycles. The number of hydrogen-bond donors (Lipinski definition) is 2. The van der Waals surface area contributed by atoms with Gasteiger partial charge in [-0.3, -0.25) is 0 Å². The molecule has 1 rings (SSSR count). The number of sulfonamides is 1. The van der Waals surface area contributed by atoms with E-state index in [4.69, 9.17) is 5.11 Å². The van der Waals surface area contributed by atoms with Crippen molar-refractivity contribution in [2.45, 2.75) is 45.1 Å². The van der Waals surface area contributed by atoms with E-state index in [1.807, 2.05) is 0 Å². The van der Waals surface area contributed by atoms with E-state index in [0.717, 1.165) is 25.7 Å². The van der Waals surface area contributed by atoms with Crippen molar-refractivity contribution in [1.29, 1.82) is 0 Å². The number of hydrogen-bond acceptors (Lipinski definition) is 3. The first-order valence-electron chi connectivity index (χ1n) is 5.64. The third kappa shape index (κ3) is 4.95. The standard InChI is InChI=1S/C10H21NO3S/c1-9-3-2-4-10(6-5-9)11-15(13,14)8-7-12/h9-12H,2-8H2,1H3. The fourth-order valence-corrected chi connectivity index (χ4v) is 3.14. The summed E-state index contributed by atoms with van der Waals surface area (Å²) in [6, 6.07) is 0.0755. The van der Waals surface area contributed by atoms with E-state index in [1.54, 1.807) is 0 Å². The second kappa shape index (κ2) is 5.82. The minimum Gasteiger partial charge on any atom is -0.395 e. The van der Waals surface area contributed by atoms with Crippen LogP contribution in [-0.2, 0) is 10.0 Å². The molecule has 1 saturated carbocycles. The first-order valence-corrected chi connectivity index (χ1v) is 7.29. The molecule has 0 amide bonds. The lowest BCUT2D eigenvalue weighted by Gasteiger charge is -2.15. The highest BCUT2D eigenvalue weighted by Crippen LogP contribution is 2.22. The number of nitrogens with one attached hydrogen (secondary N) is 1. The van der Waals surface area contributed by atoms with Crippen molar-refractivity contribution < 1.29 is 13.5 Å². The molecule has 1 aliphatic rings. The van der Waals surface area contributed by atoms with E-state index in [9.17, 15) is 8.42 Å². The third-order valence-corrected chi connectivity index (χ3v) is 4.38. The molecule has 0 aromatic rings. The van der Waals surface area contributed by atoms with E-state index in [0.29, 0.717) is 5.92 Å². The summed E-state index contributed by atoms with van der Waals surface area (Å²) in [5.41, 5.74) is 0. The Morgan fingerprint density at radius 3 is 2.67 bits per heavy atom. The number of aliphatic hydroxyl groups excluding tert-OH is 1. The van der Waals surface area contributed by atoms with Crippen LogP contribution >= 0.6 is 0 Å². The third-order valence-electron chi connectivity index (χ3n) is 2.96. The lowest BCUT2D eigenvalue weighted by molar-refractivity contribution is 0.318. The summed E-state index contributed by atoms with van der Waals surface area (Å²) in [5.74, 6) is 0.524. The second-order valence-corrected chi connectivity index (χ2v) is 6.34. The van der Waals surface area contributed by atoms with Crippen molar-refractivity contribution in [3.8, 4) is 0 Å². The van der Waals surface area contributed by atoms with Crippen LogP contribution in [0.5, 0.6) is 0 Å². The Kier molecular flexibility index (Phi) is 5.02. The van der Waals surface area contributed by atoms with E-state index in [-0.39, 0.29) is 18.4 Å². The first-order chi connectivity index (χ1) is 7.03. The van der Waals surface area contributed by atoms with Gasteiger partial charge >= 0.3 is 0 Å². The molecule has 1 fully saturated rings. The predicted octanol–water partition coefficient (Wildman–Crippen LogP) is 0.867. The smallest absolute Gasteiger partial charge is 0.214 e. The molecule has 15 heavy (non-hydrogen) atoms. The Morgan fingerprint density at radius 2 is 2.00 bits per heavy atom. The number of aliphatic hydroxyl groups is 1. The van der Waals surface area contributed by atoms with Crippen molar-refractivity contribution >= 4 is 10.0 Å². The zero-order valence-electron chi connectivity index (χ0n) is 9.28. The lowest BCUT2D eigenvalue weighted by atomic mass is 10.0. The summed E-state index contributed by atoms with van der Waals surface area (Å²) in [5, 5.41) is 8.61. The van der Waals surface area contributed by atoms with Gasteiger partial charge in [-0.1, -0.05) is 19.8 Å². The molecule has 2 atom stereocenters. The minimum atomic E-state index is -3.26. The maximum Gasteiger partial charge on any atom is 0.214 e. The molecule has 2 unspecified atom stereocenters. The molecular weight excluding hydrogens is 214 g/mol. The molecule has 0 spiro atoms. The van der Waals surface area contributed by atoms with Gasteiger partial charge in [0.05, 0.1) is 12.4 Å². The Morgan fingerprint density at radius 1 is 1.27 bits per heavy atom. The highest BCUT2D eigenvalue weighted by Gasteiger charge is 2.20. The van der Waals surface area contributed by atoms with E-state index in [1.165, 1.54) is 6.42 Å². The van der Waals surface area contributed by atoms with Crippen LogP contribution in [0.3, 0.4) is 0 Å². The second-order valence-electron chi connectivity index (χ2n) is 4.47. The Bertz CT molecular complexity index is 276. The Hall–Kier alpha value is -0.130. The van der Waals surface area contributed by atoms with Crippen molar-refractivity contribution in [2.24, 2.45) is 5.92 Å². The van der Waals surface area contributed by atoms with Gasteiger partial charge in [-0.05, 0) is 25.2 Å². The molecule has 4 nitrogen and oxygen atoms in total. The summed E-state index contributed by atoms with van der Waals surface area (Å²) in [7, 11) is -3.26. The molecule has 0 bridgehead atoms. The molecule has 0 saturated heterocycles. The van der Waals surface area contributed by atoms with Crippen LogP contribution < -0.4 is 4.72 Å². The molecule has 0 aromatic heterocycles. The van der Waals surface area contributed by atoms with Gasteiger partial charge in [-0.25, -0.2) is 13.1 Å². The average molecular weight is 235 g/mol. The summed E-state index contributed by atoms with van der Waals surface area (Å²) in [4.78, 5) is 0. The van der Waals surface area contributed by atoms with Crippen molar-refractivity contribution in [3.63, 3.8) is 0 Å². The molecule has 0 aromatic carbocycles. The lowest BCUT2D eigenvalue weighted by Crippen LogP contribution is -2.36. The Balaban J connectivity index is 2.44. The van der Waals surface area contributed by atoms with Gasteiger partial charge < -0.3 is 5.11 Å². The summed E-state index contributed by atoms with van der Waals surface area (Å²) >= 11 is 0. The van der Waals surface area contributed by atoms with Crippen LogP contribution in [0.1, 0.15) is 39.0 Å². The minimum absolute atomic E-state index is 0.0755. The molecule has 90 valence electrons. The molecule has 0 radical (unpaired) electrons. The average Bonchev–Trinajstić information content (AvgIpc) is 2.30. The summed E-state index contributed by atoms with van der Waals surface area (Å²) in [6.07, 6.45) is 5.22. The van der Waals surface area contributed by atoms with Crippen LogP contribution in [0.25, 0.3) is 0 Å². The van der Waals surface area contributed by atoms with Gasteiger partial charge in [-0.2, -0.15) is 0 Å². The summed E-state index contributed by atoms with van der Waals surface area (Å²) in [6.45, 7) is 1.91. The zero-order chi connectivity index (χ0) is 11.3. The van der Waals surface area contributed by atoms with Crippen LogP contribution in [0.15, 0.2) is 0 Å². The molecule has 0 heterocycles. The molecule has 0 aliphatic heterocycles. The van der Waals surface area contributed by atoms with E-state index in [2.05, 4.69) is 11.6 Å². The highest BCUT2D eigenvalue weighted by atomic mass is 32.2. The van der Waals surface area contributed by atoms with Crippen molar-refractivity contribution in [2.75, 3.05) is 12.4 Å². The van der Waals surface area contributed by atoms with Gasteiger partial charge in [0.1, 0.15) is 0 Å². The van der Waals surface area contributed by atoms with Crippen molar-refractivity contribution in [3.05, 3.63) is 0 Å². The van der Waals surface area contributed by atoms with Gasteiger partial charge in [-0.15, -0.1) is 0 Å². The quantitative estimate of drug-likeness (QED) is 0.710. The van der Waals surface area contributed by atoms with Gasteiger partial charge in [0.25, 0.3) is 0 Å². The maximum absolute atomic E-state index is 11.4. The van der Waals surface area contributed by atoms with Crippen LogP contribution in [0, 0.1) is 5.92 Å². The van der Waals surface area contributed by atoms with E-state index < -0.39 is 10.0 Å². The van der Waals surface area contributed by atoms with Gasteiger partial charge in [0, 0.05) is 6.04 Å². The molecular formula is C10H21NO3S. The predicted molar refractivity (Wildman–Crippen MR) is 60.0 cm³/mol. The largest absolute Gasteiger partial charge is 0.395 e.